The highest BCUT2D eigenvalue weighted by Gasteiger charge is 2.13. The van der Waals surface area contributed by atoms with Gasteiger partial charge < -0.3 is 9.84 Å². The van der Waals surface area contributed by atoms with Crippen LogP contribution in [-0.4, -0.2) is 20.6 Å². The molecule has 0 aromatic heterocycles. The molecule has 3 rings (SSSR count). The van der Waals surface area contributed by atoms with E-state index in [9.17, 15) is 13.5 Å². The Balaban J connectivity index is 1.64. The van der Waals surface area contributed by atoms with Crippen LogP contribution in [0, 0.1) is 0 Å². The van der Waals surface area contributed by atoms with Gasteiger partial charge in [0, 0.05) is 6.54 Å². The topological polar surface area (TPSA) is 100 Å². The monoisotopic (exact) mass is 397 g/mol. The van der Waals surface area contributed by atoms with Crippen molar-refractivity contribution in [1.29, 1.82) is 0 Å². The lowest BCUT2D eigenvalue weighted by atomic mass is 10.2. The summed E-state index contributed by atoms with van der Waals surface area (Å²) in [6.45, 7) is 0.175. The first-order valence-corrected chi connectivity index (χ1v) is 9.88. The van der Waals surface area contributed by atoms with E-state index in [0.717, 1.165) is 5.56 Å². The Labute approximate surface area is 163 Å². The Hall–Kier alpha value is -3.23. The molecule has 0 fully saturated rings. The number of sulfonamides is 1. The summed E-state index contributed by atoms with van der Waals surface area (Å²) in [6.07, 6.45) is 0. The first-order chi connectivity index (χ1) is 13.5. The summed E-state index contributed by atoms with van der Waals surface area (Å²) < 4.78 is 32.5. The number of phenolic OH excluding ortho intramolecular Hbond substituents is 1. The fourth-order valence-corrected chi connectivity index (χ4v) is 3.35. The van der Waals surface area contributed by atoms with Gasteiger partial charge in [-0.2, -0.15) is 10.2 Å². The van der Waals surface area contributed by atoms with E-state index >= 15 is 0 Å². The smallest absolute Gasteiger partial charge is 0.240 e. The van der Waals surface area contributed by atoms with Gasteiger partial charge in [0.25, 0.3) is 0 Å². The second-order valence-corrected chi connectivity index (χ2v) is 7.65. The van der Waals surface area contributed by atoms with Gasteiger partial charge in [0.2, 0.25) is 10.0 Å². The number of nitrogens with one attached hydrogen (secondary N) is 1. The van der Waals surface area contributed by atoms with Crippen LogP contribution in [0.1, 0.15) is 5.56 Å². The zero-order valence-corrected chi connectivity index (χ0v) is 15.9. The molecule has 2 N–H and O–H groups in total. The molecule has 3 aromatic rings. The molecule has 0 amide bonds. The number of benzene rings is 3. The minimum atomic E-state index is -3.64. The summed E-state index contributed by atoms with van der Waals surface area (Å²) in [4.78, 5) is 0.143. The normalized spacial score (nSPS) is 11.6. The maximum Gasteiger partial charge on any atom is 0.240 e. The fourth-order valence-electron chi connectivity index (χ4n) is 2.33. The highest BCUT2D eigenvalue weighted by molar-refractivity contribution is 7.89. The highest BCUT2D eigenvalue weighted by atomic mass is 32.2. The van der Waals surface area contributed by atoms with Crippen LogP contribution in [0.25, 0.3) is 0 Å². The van der Waals surface area contributed by atoms with Crippen LogP contribution in [0.2, 0.25) is 0 Å². The lowest BCUT2D eigenvalue weighted by Crippen LogP contribution is -2.23. The van der Waals surface area contributed by atoms with Crippen LogP contribution in [0.3, 0.4) is 0 Å². The molecule has 0 aliphatic rings. The van der Waals surface area contributed by atoms with E-state index in [1.807, 2.05) is 0 Å². The number of azo groups is 1. The van der Waals surface area contributed by atoms with E-state index in [1.54, 1.807) is 55.6 Å². The maximum absolute atomic E-state index is 12.4. The Morgan fingerprint density at radius 2 is 1.39 bits per heavy atom. The van der Waals surface area contributed by atoms with E-state index in [-0.39, 0.29) is 17.2 Å². The van der Waals surface area contributed by atoms with Gasteiger partial charge in [0.05, 0.1) is 23.4 Å². The molecule has 0 aliphatic heterocycles. The van der Waals surface area contributed by atoms with Crippen molar-refractivity contribution in [3.8, 4) is 11.5 Å². The van der Waals surface area contributed by atoms with Crippen molar-refractivity contribution in [3.05, 3.63) is 78.4 Å². The molecule has 0 radical (unpaired) electrons. The van der Waals surface area contributed by atoms with Gasteiger partial charge in [-0.25, -0.2) is 13.1 Å². The molecule has 0 saturated carbocycles. The maximum atomic E-state index is 12.4. The first-order valence-electron chi connectivity index (χ1n) is 8.40. The van der Waals surface area contributed by atoms with Gasteiger partial charge >= 0.3 is 0 Å². The Morgan fingerprint density at radius 1 is 0.857 bits per heavy atom. The van der Waals surface area contributed by atoms with Crippen molar-refractivity contribution in [3.63, 3.8) is 0 Å². The van der Waals surface area contributed by atoms with Gasteiger partial charge in [-0.15, -0.1) is 0 Å². The van der Waals surface area contributed by atoms with Gasteiger partial charge in [-0.3, -0.25) is 0 Å². The second-order valence-electron chi connectivity index (χ2n) is 5.88. The van der Waals surface area contributed by atoms with Crippen molar-refractivity contribution in [2.75, 3.05) is 7.11 Å². The molecule has 7 nitrogen and oxygen atoms in total. The number of hydrogen-bond acceptors (Lipinski definition) is 6. The van der Waals surface area contributed by atoms with E-state index in [2.05, 4.69) is 15.0 Å². The fraction of sp³-hybridized carbons (Fsp3) is 0.100. The molecule has 8 heteroatoms. The molecule has 0 saturated heterocycles. The van der Waals surface area contributed by atoms with Crippen LogP contribution in [0.15, 0.2) is 87.9 Å². The first kappa shape index (κ1) is 19.5. The van der Waals surface area contributed by atoms with Crippen molar-refractivity contribution in [2.24, 2.45) is 10.2 Å². The molecular weight excluding hydrogens is 378 g/mol. The largest absolute Gasteiger partial charge is 0.508 e. The summed E-state index contributed by atoms with van der Waals surface area (Å²) in [7, 11) is -2.07. The molecule has 0 heterocycles. The SMILES string of the molecule is COc1ccc(CNS(=O)(=O)c2ccc(/N=N/c3ccc(O)cc3)cc2)cc1. The second kappa shape index (κ2) is 8.64. The number of ether oxygens (including phenoxy) is 1. The van der Waals surface area contributed by atoms with Crippen molar-refractivity contribution < 1.29 is 18.3 Å². The number of nitrogens with zero attached hydrogens (tertiary/aromatic N) is 2. The van der Waals surface area contributed by atoms with E-state index in [0.29, 0.717) is 17.1 Å². The van der Waals surface area contributed by atoms with Crippen LogP contribution < -0.4 is 9.46 Å². The van der Waals surface area contributed by atoms with Crippen LogP contribution in [0.4, 0.5) is 11.4 Å². The van der Waals surface area contributed by atoms with E-state index in [1.165, 1.54) is 24.3 Å². The zero-order chi connectivity index (χ0) is 20.0. The summed E-state index contributed by atoms with van der Waals surface area (Å²) in [5, 5.41) is 17.3. The van der Waals surface area contributed by atoms with Crippen molar-refractivity contribution in [1.82, 2.24) is 4.72 Å². The summed E-state index contributed by atoms with van der Waals surface area (Å²) >= 11 is 0. The molecule has 144 valence electrons. The number of phenols is 1. The third-order valence-corrected chi connectivity index (χ3v) is 5.32. The minimum absolute atomic E-state index is 0.143. The van der Waals surface area contributed by atoms with Crippen molar-refractivity contribution in [2.45, 2.75) is 11.4 Å². The third kappa shape index (κ3) is 5.15. The van der Waals surface area contributed by atoms with Crippen LogP contribution in [0.5, 0.6) is 11.5 Å². The van der Waals surface area contributed by atoms with Crippen LogP contribution in [-0.2, 0) is 16.6 Å². The van der Waals surface area contributed by atoms with Gasteiger partial charge in [-0.1, -0.05) is 12.1 Å². The minimum Gasteiger partial charge on any atom is -0.508 e. The predicted molar refractivity (Wildman–Crippen MR) is 106 cm³/mol. The number of methoxy groups -OCH3 is 1. The highest BCUT2D eigenvalue weighted by Crippen LogP contribution is 2.22. The lowest BCUT2D eigenvalue weighted by Gasteiger charge is -2.08. The molecule has 0 unspecified atom stereocenters. The molecule has 28 heavy (non-hydrogen) atoms. The summed E-state index contributed by atoms with van der Waals surface area (Å²) in [6, 6.07) is 19.5. The number of hydrogen-bond donors (Lipinski definition) is 2. The van der Waals surface area contributed by atoms with Gasteiger partial charge in [0.15, 0.2) is 0 Å². The number of aromatic hydroxyl groups is 1. The molecule has 0 bridgehead atoms. The standard InChI is InChI=1S/C20H19N3O4S/c1-27-19-10-2-15(3-11-19)14-21-28(25,26)20-12-6-17(7-13-20)23-22-16-4-8-18(24)9-5-16/h2-13,21,24H,14H2,1H3/b23-22+. The quantitative estimate of drug-likeness (QED) is 0.581. The molecular formula is C20H19N3O4S. The van der Waals surface area contributed by atoms with Crippen molar-refractivity contribution >= 4 is 21.4 Å². The van der Waals surface area contributed by atoms with E-state index in [4.69, 9.17) is 4.74 Å². The predicted octanol–water partition coefficient (Wildman–Crippen LogP) is 4.29. The molecule has 3 aromatic carbocycles. The van der Waals surface area contributed by atoms with Gasteiger partial charge in [0.1, 0.15) is 11.5 Å². The molecule has 0 aliphatic carbocycles. The third-order valence-electron chi connectivity index (χ3n) is 3.90. The molecule has 0 atom stereocenters. The van der Waals surface area contributed by atoms with Crippen LogP contribution >= 0.6 is 0 Å². The Kier molecular flexibility index (Phi) is 6.03. The summed E-state index contributed by atoms with van der Waals surface area (Å²) in [5.74, 6) is 0.860. The summed E-state index contributed by atoms with van der Waals surface area (Å²) in [5.41, 5.74) is 1.92. The Bertz CT molecular complexity index is 1050. The van der Waals surface area contributed by atoms with Gasteiger partial charge in [-0.05, 0) is 66.2 Å². The van der Waals surface area contributed by atoms with E-state index < -0.39 is 10.0 Å². The lowest BCUT2D eigenvalue weighted by molar-refractivity contribution is 0.414. The average molecular weight is 397 g/mol. The molecule has 0 spiro atoms. The average Bonchev–Trinajstić information content (AvgIpc) is 2.72. The Morgan fingerprint density at radius 3 is 1.93 bits per heavy atom. The number of rotatable bonds is 7. The zero-order valence-electron chi connectivity index (χ0n) is 15.1.